The number of esters is 1. The van der Waals surface area contributed by atoms with Gasteiger partial charge in [-0.3, -0.25) is 0 Å². The van der Waals surface area contributed by atoms with E-state index in [9.17, 15) is 9.18 Å². The molecule has 0 radical (unpaired) electrons. The van der Waals surface area contributed by atoms with E-state index in [0.29, 0.717) is 16.7 Å². The molecule has 0 atom stereocenters. The minimum atomic E-state index is -0.446. The van der Waals surface area contributed by atoms with Gasteiger partial charge in [0.2, 0.25) is 0 Å². The molecule has 0 amide bonds. The van der Waals surface area contributed by atoms with Gasteiger partial charge in [0.05, 0.1) is 12.7 Å². The number of rotatable bonds is 3. The maximum absolute atomic E-state index is 13.3. The van der Waals surface area contributed by atoms with E-state index < -0.39 is 5.97 Å². The average molecular weight is 259 g/mol. The number of ether oxygens (including phenoxy) is 1. The van der Waals surface area contributed by atoms with E-state index in [-0.39, 0.29) is 12.4 Å². The molecule has 0 aliphatic heterocycles. The fourth-order valence-corrected chi connectivity index (χ4v) is 2.03. The van der Waals surface area contributed by atoms with Gasteiger partial charge in [0, 0.05) is 6.54 Å². The van der Waals surface area contributed by atoms with Crippen molar-refractivity contribution >= 4 is 5.97 Å². The molecule has 2 N–H and O–H groups in total. The van der Waals surface area contributed by atoms with Crippen molar-refractivity contribution in [2.45, 2.75) is 6.54 Å². The third-order valence-corrected chi connectivity index (χ3v) is 2.92. The first-order chi connectivity index (χ1) is 9.17. The molecule has 0 aromatic heterocycles. The Morgan fingerprint density at radius 1 is 1.26 bits per heavy atom. The number of nitrogens with two attached hydrogens (primary N) is 1. The van der Waals surface area contributed by atoms with Crippen LogP contribution in [0.15, 0.2) is 42.5 Å². The Morgan fingerprint density at radius 2 is 2.00 bits per heavy atom. The van der Waals surface area contributed by atoms with Crippen LogP contribution in [0.2, 0.25) is 0 Å². The van der Waals surface area contributed by atoms with Crippen LogP contribution in [-0.4, -0.2) is 13.1 Å². The maximum atomic E-state index is 13.3. The molecule has 0 saturated carbocycles. The molecule has 2 aromatic rings. The van der Waals surface area contributed by atoms with E-state index in [4.69, 9.17) is 10.5 Å². The summed E-state index contributed by atoms with van der Waals surface area (Å²) >= 11 is 0. The van der Waals surface area contributed by atoms with Crippen LogP contribution >= 0.6 is 0 Å². The van der Waals surface area contributed by atoms with Crippen molar-refractivity contribution in [2.75, 3.05) is 7.11 Å². The van der Waals surface area contributed by atoms with Gasteiger partial charge < -0.3 is 10.5 Å². The minimum Gasteiger partial charge on any atom is -0.465 e. The van der Waals surface area contributed by atoms with Gasteiger partial charge in [-0.15, -0.1) is 0 Å². The van der Waals surface area contributed by atoms with Crippen molar-refractivity contribution in [3.05, 3.63) is 59.4 Å². The topological polar surface area (TPSA) is 52.3 Å². The molecule has 0 spiro atoms. The number of halogens is 1. The molecule has 0 bridgehead atoms. The fourth-order valence-electron chi connectivity index (χ4n) is 2.03. The van der Waals surface area contributed by atoms with Crippen molar-refractivity contribution in [2.24, 2.45) is 5.73 Å². The lowest BCUT2D eigenvalue weighted by molar-refractivity contribution is 0.0599. The summed E-state index contributed by atoms with van der Waals surface area (Å²) < 4.78 is 18.0. The summed E-state index contributed by atoms with van der Waals surface area (Å²) in [6.45, 7) is 0.178. The molecule has 19 heavy (non-hydrogen) atoms. The van der Waals surface area contributed by atoms with Crippen LogP contribution in [0.25, 0.3) is 11.1 Å². The molecule has 98 valence electrons. The number of hydrogen-bond acceptors (Lipinski definition) is 3. The maximum Gasteiger partial charge on any atom is 0.338 e. The van der Waals surface area contributed by atoms with Gasteiger partial charge in [-0.25, -0.2) is 9.18 Å². The molecule has 0 fully saturated rings. The van der Waals surface area contributed by atoms with Gasteiger partial charge in [0.15, 0.2) is 0 Å². The highest BCUT2D eigenvalue weighted by Gasteiger charge is 2.15. The van der Waals surface area contributed by atoms with E-state index >= 15 is 0 Å². The van der Waals surface area contributed by atoms with Crippen molar-refractivity contribution in [3.63, 3.8) is 0 Å². The zero-order chi connectivity index (χ0) is 13.8. The lowest BCUT2D eigenvalue weighted by Gasteiger charge is -2.12. The van der Waals surface area contributed by atoms with Gasteiger partial charge in [0.25, 0.3) is 0 Å². The molecule has 2 rings (SSSR count). The second-order valence-electron chi connectivity index (χ2n) is 4.04. The van der Waals surface area contributed by atoms with Crippen LogP contribution in [0.5, 0.6) is 0 Å². The van der Waals surface area contributed by atoms with Crippen molar-refractivity contribution < 1.29 is 13.9 Å². The molecular weight excluding hydrogens is 245 g/mol. The summed E-state index contributed by atoms with van der Waals surface area (Å²) in [5.41, 5.74) is 8.21. The fraction of sp³-hybridized carbons (Fsp3) is 0.133. The monoisotopic (exact) mass is 259 g/mol. The van der Waals surface area contributed by atoms with Crippen molar-refractivity contribution in [1.29, 1.82) is 0 Å². The first kappa shape index (κ1) is 13.2. The molecule has 2 aromatic carbocycles. The first-order valence-electron chi connectivity index (χ1n) is 5.83. The van der Waals surface area contributed by atoms with Crippen LogP contribution < -0.4 is 5.73 Å². The molecule has 0 unspecified atom stereocenters. The third-order valence-electron chi connectivity index (χ3n) is 2.92. The Kier molecular flexibility index (Phi) is 3.92. The Balaban J connectivity index is 2.61. The van der Waals surface area contributed by atoms with Crippen LogP contribution in [0.3, 0.4) is 0 Å². The summed E-state index contributed by atoms with van der Waals surface area (Å²) in [7, 11) is 1.32. The minimum absolute atomic E-state index is 0.178. The normalized spacial score (nSPS) is 10.3. The lowest BCUT2D eigenvalue weighted by atomic mass is 9.95. The van der Waals surface area contributed by atoms with E-state index in [1.54, 1.807) is 24.3 Å². The van der Waals surface area contributed by atoms with Crippen molar-refractivity contribution in [1.82, 2.24) is 0 Å². The number of benzene rings is 2. The van der Waals surface area contributed by atoms with Gasteiger partial charge in [-0.05, 0) is 34.9 Å². The molecule has 0 saturated heterocycles. The zero-order valence-corrected chi connectivity index (χ0v) is 10.5. The third kappa shape index (κ3) is 2.63. The molecule has 0 aliphatic carbocycles. The summed E-state index contributed by atoms with van der Waals surface area (Å²) in [4.78, 5) is 11.7. The number of carbonyl (C=O) groups is 1. The second-order valence-corrected chi connectivity index (χ2v) is 4.04. The smallest absolute Gasteiger partial charge is 0.338 e. The Labute approximate surface area is 110 Å². The lowest BCUT2D eigenvalue weighted by Crippen LogP contribution is -2.10. The second kappa shape index (κ2) is 5.63. The van der Waals surface area contributed by atoms with E-state index in [2.05, 4.69) is 0 Å². The zero-order valence-electron chi connectivity index (χ0n) is 10.5. The number of methoxy groups -OCH3 is 1. The van der Waals surface area contributed by atoms with Gasteiger partial charge in [-0.1, -0.05) is 24.3 Å². The van der Waals surface area contributed by atoms with Crippen LogP contribution in [-0.2, 0) is 11.3 Å². The SMILES string of the molecule is COC(=O)c1cccc(-c2cccc(F)c2)c1CN. The first-order valence-corrected chi connectivity index (χ1v) is 5.83. The standard InChI is InChI=1S/C15H14FNO2/c1-19-15(18)13-7-3-6-12(14(13)9-17)10-4-2-5-11(16)8-10/h2-8H,9,17H2,1H3. The Morgan fingerprint density at radius 3 is 2.63 bits per heavy atom. The Hall–Kier alpha value is -2.20. The largest absolute Gasteiger partial charge is 0.465 e. The van der Waals surface area contributed by atoms with Crippen LogP contribution in [0.1, 0.15) is 15.9 Å². The molecule has 4 heteroatoms. The summed E-state index contributed by atoms with van der Waals surface area (Å²) in [6.07, 6.45) is 0. The predicted molar refractivity (Wildman–Crippen MR) is 71.1 cm³/mol. The van der Waals surface area contributed by atoms with Crippen molar-refractivity contribution in [3.8, 4) is 11.1 Å². The summed E-state index contributed by atoms with van der Waals surface area (Å²) in [5, 5.41) is 0. The van der Waals surface area contributed by atoms with E-state index in [0.717, 1.165) is 5.56 Å². The predicted octanol–water partition coefficient (Wildman–Crippen LogP) is 2.74. The highest BCUT2D eigenvalue weighted by Crippen LogP contribution is 2.27. The summed E-state index contributed by atoms with van der Waals surface area (Å²) in [6, 6.07) is 11.4. The molecule has 0 heterocycles. The van der Waals surface area contributed by atoms with Crippen LogP contribution in [0, 0.1) is 5.82 Å². The average Bonchev–Trinajstić information content (AvgIpc) is 2.45. The Bertz CT molecular complexity index is 611. The summed E-state index contributed by atoms with van der Waals surface area (Å²) in [5.74, 6) is -0.775. The number of hydrogen-bond donors (Lipinski definition) is 1. The highest BCUT2D eigenvalue weighted by atomic mass is 19.1. The highest BCUT2D eigenvalue weighted by molar-refractivity contribution is 5.93. The molecular formula is C15H14FNO2. The van der Waals surface area contributed by atoms with Gasteiger partial charge in [0.1, 0.15) is 5.82 Å². The quantitative estimate of drug-likeness (QED) is 0.862. The van der Waals surface area contributed by atoms with Gasteiger partial charge in [-0.2, -0.15) is 0 Å². The van der Waals surface area contributed by atoms with E-state index in [1.165, 1.54) is 19.2 Å². The number of carbonyl (C=O) groups excluding carboxylic acids is 1. The van der Waals surface area contributed by atoms with E-state index in [1.807, 2.05) is 6.07 Å². The van der Waals surface area contributed by atoms with Crippen LogP contribution in [0.4, 0.5) is 4.39 Å². The molecule has 3 nitrogen and oxygen atoms in total. The van der Waals surface area contributed by atoms with Gasteiger partial charge >= 0.3 is 5.97 Å². The molecule has 0 aliphatic rings.